The molecule has 1 spiro atoms. The van der Waals surface area contributed by atoms with E-state index >= 15 is 0 Å². The van der Waals surface area contributed by atoms with Gasteiger partial charge in [0.15, 0.2) is 0 Å². The lowest BCUT2D eigenvalue weighted by Crippen LogP contribution is -2.58. The second-order valence-corrected chi connectivity index (χ2v) is 6.63. The average Bonchev–Trinajstić information content (AvgIpc) is 2.83. The highest BCUT2D eigenvalue weighted by Crippen LogP contribution is 2.33. The molecule has 4 heteroatoms. The van der Waals surface area contributed by atoms with Crippen LogP contribution in [0.2, 0.25) is 0 Å². The van der Waals surface area contributed by atoms with Crippen LogP contribution in [0.4, 0.5) is 4.39 Å². The molecule has 1 aromatic carbocycles. The fourth-order valence-corrected chi connectivity index (χ4v) is 3.86. The number of halogens is 2. The first-order valence-corrected chi connectivity index (χ1v) is 7.88. The van der Waals surface area contributed by atoms with E-state index in [0.29, 0.717) is 10.0 Å². The third kappa shape index (κ3) is 2.86. The SMILES string of the molecule is Fc1cccc(CN2CCNC3(CCCC3)C2)c1Br. The fourth-order valence-electron chi connectivity index (χ4n) is 3.48. The number of nitrogens with one attached hydrogen (secondary N) is 1. The van der Waals surface area contributed by atoms with Gasteiger partial charge in [0, 0.05) is 31.7 Å². The Hall–Kier alpha value is -0.450. The second-order valence-electron chi connectivity index (χ2n) is 5.84. The number of hydrogen-bond acceptors (Lipinski definition) is 2. The Kier molecular flexibility index (Phi) is 3.92. The third-order valence-electron chi connectivity index (χ3n) is 4.44. The summed E-state index contributed by atoms with van der Waals surface area (Å²) in [6.45, 7) is 4.02. The largest absolute Gasteiger partial charge is 0.309 e. The number of rotatable bonds is 2. The first-order valence-electron chi connectivity index (χ1n) is 7.09. The first-order chi connectivity index (χ1) is 9.19. The van der Waals surface area contributed by atoms with Crippen LogP contribution in [0, 0.1) is 5.82 Å². The van der Waals surface area contributed by atoms with Crippen molar-refractivity contribution in [3.8, 4) is 0 Å². The van der Waals surface area contributed by atoms with Crippen LogP contribution in [0.25, 0.3) is 0 Å². The Labute approximate surface area is 122 Å². The molecule has 1 N–H and O–H groups in total. The van der Waals surface area contributed by atoms with Gasteiger partial charge in [-0.1, -0.05) is 25.0 Å². The first kappa shape index (κ1) is 13.5. The van der Waals surface area contributed by atoms with Crippen molar-refractivity contribution in [3.05, 3.63) is 34.1 Å². The van der Waals surface area contributed by atoms with E-state index < -0.39 is 0 Å². The van der Waals surface area contributed by atoms with E-state index in [1.54, 1.807) is 6.07 Å². The summed E-state index contributed by atoms with van der Waals surface area (Å²) in [5, 5.41) is 3.71. The zero-order chi connectivity index (χ0) is 13.3. The van der Waals surface area contributed by atoms with Crippen molar-refractivity contribution in [2.45, 2.75) is 37.8 Å². The van der Waals surface area contributed by atoms with Crippen molar-refractivity contribution >= 4 is 15.9 Å². The molecule has 0 radical (unpaired) electrons. The van der Waals surface area contributed by atoms with Crippen molar-refractivity contribution < 1.29 is 4.39 Å². The van der Waals surface area contributed by atoms with Gasteiger partial charge in [0.25, 0.3) is 0 Å². The maximum atomic E-state index is 13.6. The summed E-state index contributed by atoms with van der Waals surface area (Å²) in [5.74, 6) is -0.164. The normalized spacial score (nSPS) is 23.1. The number of benzene rings is 1. The average molecular weight is 327 g/mol. The van der Waals surface area contributed by atoms with Gasteiger partial charge in [0.1, 0.15) is 5.82 Å². The number of nitrogens with zero attached hydrogens (tertiary/aromatic N) is 1. The van der Waals surface area contributed by atoms with Crippen LogP contribution in [0.5, 0.6) is 0 Å². The summed E-state index contributed by atoms with van der Waals surface area (Å²) in [4.78, 5) is 2.46. The molecule has 1 aromatic rings. The Bertz CT molecular complexity index is 457. The van der Waals surface area contributed by atoms with E-state index in [0.717, 1.165) is 31.7 Å². The highest BCUT2D eigenvalue weighted by molar-refractivity contribution is 9.10. The van der Waals surface area contributed by atoms with Crippen LogP contribution in [0.3, 0.4) is 0 Å². The zero-order valence-corrected chi connectivity index (χ0v) is 12.7. The molecule has 0 aromatic heterocycles. The molecule has 1 aliphatic carbocycles. The standard InChI is InChI=1S/C15H20BrFN2/c16-14-12(4-3-5-13(14)17)10-19-9-8-18-15(11-19)6-1-2-7-15/h3-5,18H,1-2,6-11H2. The summed E-state index contributed by atoms with van der Waals surface area (Å²) in [6, 6.07) is 5.31. The summed E-state index contributed by atoms with van der Waals surface area (Å²) in [5.41, 5.74) is 1.38. The molecule has 104 valence electrons. The van der Waals surface area contributed by atoms with Crippen molar-refractivity contribution in [1.82, 2.24) is 10.2 Å². The molecule has 1 saturated heterocycles. The summed E-state index contributed by atoms with van der Waals surface area (Å²) >= 11 is 3.36. The van der Waals surface area contributed by atoms with Gasteiger partial charge in [-0.3, -0.25) is 4.90 Å². The van der Waals surface area contributed by atoms with Crippen molar-refractivity contribution in [1.29, 1.82) is 0 Å². The fraction of sp³-hybridized carbons (Fsp3) is 0.600. The van der Waals surface area contributed by atoms with Crippen molar-refractivity contribution in [2.75, 3.05) is 19.6 Å². The van der Waals surface area contributed by atoms with Gasteiger partial charge in [0.2, 0.25) is 0 Å². The number of piperazine rings is 1. The van der Waals surface area contributed by atoms with Crippen LogP contribution in [-0.2, 0) is 6.54 Å². The Morgan fingerprint density at radius 1 is 1.32 bits per heavy atom. The Morgan fingerprint density at radius 2 is 2.11 bits per heavy atom. The topological polar surface area (TPSA) is 15.3 Å². The summed E-state index contributed by atoms with van der Waals surface area (Å²) in [6.07, 6.45) is 5.25. The van der Waals surface area contributed by atoms with Gasteiger partial charge in [-0.2, -0.15) is 0 Å². The van der Waals surface area contributed by atoms with E-state index in [4.69, 9.17) is 0 Å². The van der Waals surface area contributed by atoms with E-state index in [1.165, 1.54) is 31.7 Å². The minimum atomic E-state index is -0.164. The summed E-state index contributed by atoms with van der Waals surface area (Å²) < 4.78 is 14.2. The van der Waals surface area contributed by atoms with E-state index in [-0.39, 0.29) is 5.82 Å². The lowest BCUT2D eigenvalue weighted by Gasteiger charge is -2.41. The Morgan fingerprint density at radius 3 is 2.89 bits per heavy atom. The smallest absolute Gasteiger partial charge is 0.137 e. The van der Waals surface area contributed by atoms with Gasteiger partial charge < -0.3 is 5.32 Å². The zero-order valence-electron chi connectivity index (χ0n) is 11.1. The molecule has 2 nitrogen and oxygen atoms in total. The quantitative estimate of drug-likeness (QED) is 0.897. The van der Waals surface area contributed by atoms with Crippen molar-refractivity contribution in [2.24, 2.45) is 0 Å². The summed E-state index contributed by atoms with van der Waals surface area (Å²) in [7, 11) is 0. The number of hydrogen-bond donors (Lipinski definition) is 1. The van der Waals surface area contributed by atoms with E-state index in [1.807, 2.05) is 6.07 Å². The van der Waals surface area contributed by atoms with Gasteiger partial charge >= 0.3 is 0 Å². The van der Waals surface area contributed by atoms with Crippen LogP contribution >= 0.6 is 15.9 Å². The predicted molar refractivity (Wildman–Crippen MR) is 78.6 cm³/mol. The highest BCUT2D eigenvalue weighted by Gasteiger charge is 2.37. The van der Waals surface area contributed by atoms with Crippen LogP contribution < -0.4 is 5.32 Å². The van der Waals surface area contributed by atoms with Crippen molar-refractivity contribution in [3.63, 3.8) is 0 Å². The molecule has 2 fully saturated rings. The Balaban J connectivity index is 1.71. The van der Waals surface area contributed by atoms with Crippen LogP contribution in [0.1, 0.15) is 31.2 Å². The molecule has 19 heavy (non-hydrogen) atoms. The molecule has 0 atom stereocenters. The lowest BCUT2D eigenvalue weighted by atomic mass is 9.94. The molecular weight excluding hydrogens is 307 g/mol. The third-order valence-corrected chi connectivity index (χ3v) is 5.33. The minimum absolute atomic E-state index is 0.164. The van der Waals surface area contributed by atoms with Gasteiger partial charge in [-0.15, -0.1) is 0 Å². The molecule has 3 rings (SSSR count). The molecule has 2 aliphatic rings. The van der Waals surface area contributed by atoms with E-state index in [9.17, 15) is 4.39 Å². The van der Waals surface area contributed by atoms with Gasteiger partial charge in [0.05, 0.1) is 4.47 Å². The monoisotopic (exact) mass is 326 g/mol. The van der Waals surface area contributed by atoms with Gasteiger partial charge in [-0.05, 0) is 40.4 Å². The second kappa shape index (κ2) is 5.51. The molecule has 1 aliphatic heterocycles. The van der Waals surface area contributed by atoms with Crippen LogP contribution in [0.15, 0.2) is 22.7 Å². The maximum absolute atomic E-state index is 13.6. The molecule has 0 unspecified atom stereocenters. The minimum Gasteiger partial charge on any atom is -0.309 e. The van der Waals surface area contributed by atoms with E-state index in [2.05, 4.69) is 26.1 Å². The molecule has 1 saturated carbocycles. The van der Waals surface area contributed by atoms with Gasteiger partial charge in [-0.25, -0.2) is 4.39 Å². The maximum Gasteiger partial charge on any atom is 0.137 e. The predicted octanol–water partition coefficient (Wildman–Crippen LogP) is 3.31. The highest BCUT2D eigenvalue weighted by atomic mass is 79.9. The molecule has 1 heterocycles. The van der Waals surface area contributed by atoms with Crippen LogP contribution in [-0.4, -0.2) is 30.1 Å². The lowest BCUT2D eigenvalue weighted by molar-refractivity contribution is 0.128. The molecular formula is C15H20BrFN2. The molecule has 0 bridgehead atoms. The molecule has 0 amide bonds.